The number of aryl methyl sites for hydroxylation is 1. The number of hydrogen-bond acceptors (Lipinski definition) is 6. The number of benzene rings is 2. The fraction of sp³-hybridized carbons (Fsp3) is 0.333. The Bertz CT molecular complexity index is 1600. The van der Waals surface area contributed by atoms with Crippen LogP contribution in [0.5, 0.6) is 0 Å². The van der Waals surface area contributed by atoms with Crippen LogP contribution >= 0.6 is 0 Å². The molecule has 2 fully saturated rings. The first kappa shape index (κ1) is 30.4. The Morgan fingerprint density at radius 2 is 1.49 bits per heavy atom. The molecule has 2 aliphatic rings. The van der Waals surface area contributed by atoms with Gasteiger partial charge in [-0.3, -0.25) is 19.5 Å². The molecule has 4 aromatic rings. The van der Waals surface area contributed by atoms with E-state index >= 15 is 4.39 Å². The van der Waals surface area contributed by atoms with Crippen LogP contribution in [0.4, 0.5) is 10.2 Å². The van der Waals surface area contributed by atoms with Gasteiger partial charge in [-0.15, -0.1) is 0 Å². The molecule has 0 bridgehead atoms. The predicted molar refractivity (Wildman–Crippen MR) is 174 cm³/mol. The summed E-state index contributed by atoms with van der Waals surface area (Å²) in [6, 6.07) is 22.3. The third kappa shape index (κ3) is 7.54. The highest BCUT2D eigenvalue weighted by Gasteiger charge is 2.25. The van der Waals surface area contributed by atoms with Gasteiger partial charge in [0.25, 0.3) is 11.8 Å². The van der Waals surface area contributed by atoms with Crippen molar-refractivity contribution in [3.63, 3.8) is 0 Å². The number of rotatable bonds is 8. The van der Waals surface area contributed by atoms with E-state index in [1.54, 1.807) is 18.3 Å². The lowest BCUT2D eigenvalue weighted by Crippen LogP contribution is -2.45. The third-order valence-electron chi connectivity index (χ3n) is 8.79. The van der Waals surface area contributed by atoms with Crippen LogP contribution in [0.3, 0.4) is 0 Å². The number of pyridine rings is 2. The largest absolute Gasteiger partial charge is 0.356 e. The molecule has 6 rings (SSSR count). The lowest BCUT2D eigenvalue weighted by atomic mass is 10.0. The van der Waals surface area contributed by atoms with Crippen LogP contribution in [0.25, 0.3) is 11.1 Å². The second-order valence-corrected chi connectivity index (χ2v) is 12.0. The zero-order chi connectivity index (χ0) is 31.2. The van der Waals surface area contributed by atoms with E-state index in [0.29, 0.717) is 16.7 Å². The Balaban J connectivity index is 0.948. The fourth-order valence-corrected chi connectivity index (χ4v) is 6.12. The SMILES string of the molecule is Cc1ccc(-c2cccc(C(=O)NC3CCN(Cc4ccc(N5CCC(NC(=O)c6ccccc6)CC5)nc4)CC3)c2F)cn1. The van der Waals surface area contributed by atoms with E-state index in [1.165, 1.54) is 6.07 Å². The van der Waals surface area contributed by atoms with Crippen molar-refractivity contribution in [3.8, 4) is 11.1 Å². The van der Waals surface area contributed by atoms with E-state index in [9.17, 15) is 9.59 Å². The van der Waals surface area contributed by atoms with Crippen LogP contribution in [0.2, 0.25) is 0 Å². The molecule has 0 aliphatic carbocycles. The molecular formula is C36H39FN6O2. The van der Waals surface area contributed by atoms with Crippen molar-refractivity contribution >= 4 is 17.6 Å². The van der Waals surface area contributed by atoms with Gasteiger partial charge in [-0.05, 0) is 68.5 Å². The molecule has 2 amide bonds. The van der Waals surface area contributed by atoms with Gasteiger partial charge in [0, 0.05) is 79.6 Å². The third-order valence-corrected chi connectivity index (χ3v) is 8.79. The van der Waals surface area contributed by atoms with Crippen LogP contribution in [-0.4, -0.2) is 64.9 Å². The lowest BCUT2D eigenvalue weighted by molar-refractivity contribution is 0.0902. The minimum absolute atomic E-state index is 0.00116. The number of hydrogen-bond donors (Lipinski definition) is 2. The van der Waals surface area contributed by atoms with Gasteiger partial charge in [-0.2, -0.15) is 0 Å². The molecule has 0 saturated carbocycles. The second-order valence-electron chi connectivity index (χ2n) is 12.0. The number of halogens is 1. The van der Waals surface area contributed by atoms with Crippen LogP contribution in [0.15, 0.2) is 85.2 Å². The van der Waals surface area contributed by atoms with Crippen LogP contribution < -0.4 is 15.5 Å². The molecule has 2 aromatic heterocycles. The molecule has 2 saturated heterocycles. The minimum Gasteiger partial charge on any atom is -0.356 e. The van der Waals surface area contributed by atoms with Crippen LogP contribution in [-0.2, 0) is 6.54 Å². The second kappa shape index (κ2) is 14.0. The standard InChI is InChI=1S/C36H39FN6O2/c1-25-10-12-28(23-38-25)31-8-5-9-32(34(31)37)36(45)41-29-14-18-42(19-15-29)24-26-11-13-33(39-22-26)43-20-16-30(17-21-43)40-35(44)27-6-3-2-4-7-27/h2-13,22-23,29-30H,14-21,24H2,1H3,(H,40,44)(H,41,45). The van der Waals surface area contributed by atoms with Crippen LogP contribution in [0.1, 0.15) is 57.7 Å². The summed E-state index contributed by atoms with van der Waals surface area (Å²) in [5.74, 6) is 0.0462. The normalized spacial score (nSPS) is 16.4. The Labute approximate surface area is 263 Å². The highest BCUT2D eigenvalue weighted by molar-refractivity contribution is 5.96. The highest BCUT2D eigenvalue weighted by Crippen LogP contribution is 2.25. The molecule has 232 valence electrons. The number of amides is 2. The smallest absolute Gasteiger partial charge is 0.254 e. The average Bonchev–Trinajstić information content (AvgIpc) is 3.07. The zero-order valence-electron chi connectivity index (χ0n) is 25.6. The van der Waals surface area contributed by atoms with E-state index in [4.69, 9.17) is 4.98 Å². The summed E-state index contributed by atoms with van der Waals surface area (Å²) in [5, 5.41) is 6.21. The molecule has 9 heteroatoms. The van der Waals surface area contributed by atoms with Gasteiger partial charge in [-0.25, -0.2) is 9.37 Å². The van der Waals surface area contributed by atoms with Crippen molar-refractivity contribution in [2.75, 3.05) is 31.1 Å². The van der Waals surface area contributed by atoms with Crippen LogP contribution in [0, 0.1) is 12.7 Å². The van der Waals surface area contributed by atoms with Gasteiger partial charge in [0.05, 0.1) is 5.56 Å². The fourth-order valence-electron chi connectivity index (χ4n) is 6.12. The van der Waals surface area contributed by atoms with E-state index in [-0.39, 0.29) is 29.5 Å². The quantitative estimate of drug-likeness (QED) is 0.280. The van der Waals surface area contributed by atoms with Gasteiger partial charge in [-0.1, -0.05) is 42.5 Å². The molecule has 0 spiro atoms. The number of piperidine rings is 2. The molecule has 2 N–H and O–H groups in total. The van der Waals surface area contributed by atoms with Gasteiger partial charge < -0.3 is 15.5 Å². The number of likely N-dealkylation sites (tertiary alicyclic amines) is 1. The number of nitrogens with one attached hydrogen (secondary N) is 2. The van der Waals surface area contributed by atoms with E-state index in [0.717, 1.165) is 75.5 Å². The van der Waals surface area contributed by atoms with Gasteiger partial charge in [0.1, 0.15) is 11.6 Å². The van der Waals surface area contributed by atoms with E-state index < -0.39 is 5.82 Å². The number of aromatic nitrogens is 2. The van der Waals surface area contributed by atoms with Gasteiger partial charge in [0.15, 0.2) is 0 Å². The zero-order valence-corrected chi connectivity index (χ0v) is 25.6. The predicted octanol–water partition coefficient (Wildman–Crippen LogP) is 5.38. The van der Waals surface area contributed by atoms with Crippen molar-refractivity contribution < 1.29 is 14.0 Å². The minimum atomic E-state index is -0.520. The molecule has 4 heterocycles. The van der Waals surface area contributed by atoms with Crippen molar-refractivity contribution in [2.24, 2.45) is 0 Å². The van der Waals surface area contributed by atoms with Crippen molar-refractivity contribution in [1.82, 2.24) is 25.5 Å². The van der Waals surface area contributed by atoms with E-state index in [2.05, 4.69) is 37.6 Å². The summed E-state index contributed by atoms with van der Waals surface area (Å²) in [6.07, 6.45) is 6.96. The summed E-state index contributed by atoms with van der Waals surface area (Å²) < 4.78 is 15.3. The molecule has 45 heavy (non-hydrogen) atoms. The molecule has 0 unspecified atom stereocenters. The van der Waals surface area contributed by atoms with Gasteiger partial charge in [0.2, 0.25) is 0 Å². The molecular weight excluding hydrogens is 567 g/mol. The van der Waals surface area contributed by atoms with Gasteiger partial charge >= 0.3 is 0 Å². The topological polar surface area (TPSA) is 90.5 Å². The summed E-state index contributed by atoms with van der Waals surface area (Å²) in [7, 11) is 0. The maximum absolute atomic E-state index is 15.3. The molecule has 0 atom stereocenters. The number of carbonyl (C=O) groups is 2. The molecule has 0 radical (unpaired) electrons. The number of anilines is 1. The Hall–Kier alpha value is -4.63. The average molecular weight is 607 g/mol. The van der Waals surface area contributed by atoms with Crippen molar-refractivity contribution in [3.05, 3.63) is 113 Å². The Morgan fingerprint density at radius 3 is 2.16 bits per heavy atom. The first-order valence-corrected chi connectivity index (χ1v) is 15.7. The molecule has 8 nitrogen and oxygen atoms in total. The summed E-state index contributed by atoms with van der Waals surface area (Å²) in [4.78, 5) is 39.2. The van der Waals surface area contributed by atoms with Crippen molar-refractivity contribution in [2.45, 2.75) is 51.2 Å². The summed E-state index contributed by atoms with van der Waals surface area (Å²) >= 11 is 0. The number of carbonyl (C=O) groups excluding carboxylic acids is 2. The summed E-state index contributed by atoms with van der Waals surface area (Å²) in [5.41, 5.74) is 3.78. The maximum atomic E-state index is 15.3. The lowest BCUT2D eigenvalue weighted by Gasteiger charge is -2.34. The highest BCUT2D eigenvalue weighted by atomic mass is 19.1. The van der Waals surface area contributed by atoms with Crippen molar-refractivity contribution in [1.29, 1.82) is 0 Å². The summed E-state index contributed by atoms with van der Waals surface area (Å²) in [6.45, 7) is 6.05. The maximum Gasteiger partial charge on any atom is 0.254 e. The first-order chi connectivity index (χ1) is 21.9. The first-order valence-electron chi connectivity index (χ1n) is 15.7. The monoisotopic (exact) mass is 606 g/mol. The Morgan fingerprint density at radius 1 is 0.778 bits per heavy atom. The number of nitrogens with zero attached hydrogens (tertiary/aromatic N) is 4. The molecule has 2 aliphatic heterocycles. The molecule has 2 aromatic carbocycles. The van der Waals surface area contributed by atoms with E-state index in [1.807, 2.05) is 55.6 Å². The Kier molecular flexibility index (Phi) is 9.45.